The van der Waals surface area contributed by atoms with E-state index in [1.54, 1.807) is 24.3 Å². The smallest absolute Gasteiger partial charge is 0.238 e. The first-order valence-electron chi connectivity index (χ1n) is 12.9. The van der Waals surface area contributed by atoms with Crippen molar-refractivity contribution in [2.75, 3.05) is 10.2 Å². The summed E-state index contributed by atoms with van der Waals surface area (Å²) in [5.74, 6) is -1.67. The Labute approximate surface area is 227 Å². The highest BCUT2D eigenvalue weighted by Crippen LogP contribution is 2.58. The zero-order valence-corrected chi connectivity index (χ0v) is 22.5. The zero-order valence-electron chi connectivity index (χ0n) is 21.8. The third-order valence-corrected chi connectivity index (χ3v) is 8.55. The van der Waals surface area contributed by atoms with Crippen LogP contribution in [-0.2, 0) is 15.0 Å². The number of nitrogens with zero attached hydrogens (tertiary/aromatic N) is 1. The van der Waals surface area contributed by atoms with Crippen molar-refractivity contribution in [2.24, 2.45) is 11.3 Å². The average Bonchev–Trinajstić information content (AvgIpc) is 3.35. The third-order valence-electron chi connectivity index (χ3n) is 8.22. The number of halogens is 1. The van der Waals surface area contributed by atoms with E-state index in [1.165, 1.54) is 0 Å². The van der Waals surface area contributed by atoms with E-state index in [1.807, 2.05) is 81.1 Å². The molecule has 1 amide bonds. The standard InChI is InChI=1S/C32H29ClN2O3/c1-18-13-15-24-19(17-18)14-16-25-32(21-10-6-8-12-23(21)34-30(32)38)26(27(35(24)25)29(37)31(2,3)4)28(36)20-9-5-7-11-22(20)33/h5-17,25-27H,1-4H3,(H,34,38)/t25-,26-,27-,32-/m0/s1. The predicted molar refractivity (Wildman–Crippen MR) is 151 cm³/mol. The molecule has 3 aromatic rings. The number of Topliss-reactive ketones (excluding diaryl/α,β-unsaturated/α-hetero) is 2. The average molecular weight is 525 g/mol. The van der Waals surface area contributed by atoms with Gasteiger partial charge in [-0.1, -0.05) is 86.5 Å². The van der Waals surface area contributed by atoms with Crippen molar-refractivity contribution in [2.45, 2.75) is 45.2 Å². The summed E-state index contributed by atoms with van der Waals surface area (Å²) >= 11 is 6.56. The number of aryl methyl sites for hydroxylation is 1. The van der Waals surface area contributed by atoms with Gasteiger partial charge in [-0.3, -0.25) is 14.4 Å². The summed E-state index contributed by atoms with van der Waals surface area (Å²) in [5.41, 5.74) is 2.52. The van der Waals surface area contributed by atoms with Gasteiger partial charge < -0.3 is 10.2 Å². The molecule has 3 aliphatic rings. The van der Waals surface area contributed by atoms with Gasteiger partial charge in [0.2, 0.25) is 5.91 Å². The fourth-order valence-electron chi connectivity index (χ4n) is 6.57. The molecule has 6 rings (SSSR count). The second-order valence-electron chi connectivity index (χ2n) is 11.5. The number of carbonyl (C=O) groups excluding carboxylic acids is 3. The van der Waals surface area contributed by atoms with Gasteiger partial charge >= 0.3 is 0 Å². The third kappa shape index (κ3) is 3.27. The molecule has 3 aliphatic heterocycles. The van der Waals surface area contributed by atoms with Crippen LogP contribution in [-0.4, -0.2) is 29.6 Å². The molecule has 0 aliphatic carbocycles. The number of rotatable bonds is 3. The number of para-hydroxylation sites is 1. The van der Waals surface area contributed by atoms with E-state index < -0.39 is 28.8 Å². The predicted octanol–water partition coefficient (Wildman–Crippen LogP) is 6.24. The summed E-state index contributed by atoms with van der Waals surface area (Å²) in [6, 6.07) is 19.0. The lowest BCUT2D eigenvalue weighted by atomic mass is 9.63. The first-order valence-corrected chi connectivity index (χ1v) is 13.3. The highest BCUT2D eigenvalue weighted by Gasteiger charge is 2.70. The number of nitrogens with one attached hydrogen (secondary N) is 1. The van der Waals surface area contributed by atoms with Crippen molar-refractivity contribution >= 4 is 46.5 Å². The van der Waals surface area contributed by atoms with Gasteiger partial charge in [0.25, 0.3) is 0 Å². The summed E-state index contributed by atoms with van der Waals surface area (Å²) in [6.07, 6.45) is 4.01. The maximum Gasteiger partial charge on any atom is 0.238 e. The van der Waals surface area contributed by atoms with Crippen LogP contribution in [0.15, 0.2) is 72.8 Å². The topological polar surface area (TPSA) is 66.5 Å². The van der Waals surface area contributed by atoms with Gasteiger partial charge in [-0.25, -0.2) is 0 Å². The second-order valence-corrected chi connectivity index (χ2v) is 11.9. The minimum absolute atomic E-state index is 0.0937. The lowest BCUT2D eigenvalue weighted by Crippen LogP contribution is -2.51. The molecular weight excluding hydrogens is 496 g/mol. The molecule has 0 aromatic heterocycles. The van der Waals surface area contributed by atoms with Crippen LogP contribution < -0.4 is 10.2 Å². The molecule has 3 heterocycles. The molecule has 1 fully saturated rings. The number of hydrogen-bond donors (Lipinski definition) is 1. The Kier molecular flexibility index (Phi) is 5.45. The summed E-state index contributed by atoms with van der Waals surface area (Å²) in [5, 5.41) is 3.35. The van der Waals surface area contributed by atoms with Gasteiger partial charge in [-0.05, 0) is 48.4 Å². The maximum atomic E-state index is 14.7. The first kappa shape index (κ1) is 24.6. The molecule has 0 unspecified atom stereocenters. The number of ketones is 2. The van der Waals surface area contributed by atoms with Crippen LogP contribution in [0, 0.1) is 18.3 Å². The van der Waals surface area contributed by atoms with Crippen LogP contribution in [0.2, 0.25) is 5.02 Å². The largest absolute Gasteiger partial charge is 0.352 e. The summed E-state index contributed by atoms with van der Waals surface area (Å²) in [4.78, 5) is 45.4. The van der Waals surface area contributed by atoms with Crippen LogP contribution in [0.4, 0.5) is 11.4 Å². The van der Waals surface area contributed by atoms with E-state index in [0.717, 1.165) is 22.4 Å². The van der Waals surface area contributed by atoms with Gasteiger partial charge in [-0.15, -0.1) is 0 Å². The number of carbonyl (C=O) groups is 3. The summed E-state index contributed by atoms with van der Waals surface area (Å²) in [7, 11) is 0. The van der Waals surface area contributed by atoms with Crippen molar-refractivity contribution in [1.82, 2.24) is 0 Å². The lowest BCUT2D eigenvalue weighted by molar-refractivity contribution is -0.128. The lowest BCUT2D eigenvalue weighted by Gasteiger charge is -2.38. The van der Waals surface area contributed by atoms with Gasteiger partial charge in [0.05, 0.1) is 17.0 Å². The Morgan fingerprint density at radius 2 is 1.71 bits per heavy atom. The van der Waals surface area contributed by atoms with E-state index in [0.29, 0.717) is 16.3 Å². The quantitative estimate of drug-likeness (QED) is 0.412. The molecule has 4 atom stereocenters. The molecule has 0 saturated carbocycles. The van der Waals surface area contributed by atoms with Crippen LogP contribution in [0.5, 0.6) is 0 Å². The van der Waals surface area contributed by atoms with Gasteiger partial charge in [0, 0.05) is 22.4 Å². The Balaban J connectivity index is 1.70. The number of fused-ring (bicyclic) bond motifs is 6. The van der Waals surface area contributed by atoms with Crippen molar-refractivity contribution < 1.29 is 14.4 Å². The molecular formula is C32H29ClN2O3. The number of benzene rings is 3. The molecule has 0 radical (unpaired) electrons. The maximum absolute atomic E-state index is 14.7. The Bertz CT molecular complexity index is 1550. The molecule has 1 saturated heterocycles. The minimum Gasteiger partial charge on any atom is -0.352 e. The first-order chi connectivity index (χ1) is 18.1. The van der Waals surface area contributed by atoms with Crippen molar-refractivity contribution in [3.63, 3.8) is 0 Å². The molecule has 5 nitrogen and oxygen atoms in total. The highest BCUT2D eigenvalue weighted by molar-refractivity contribution is 6.34. The Hall–Kier alpha value is -3.70. The molecule has 3 aromatic carbocycles. The summed E-state index contributed by atoms with van der Waals surface area (Å²) in [6.45, 7) is 7.62. The Morgan fingerprint density at radius 3 is 2.45 bits per heavy atom. The normalized spacial score (nSPS) is 25.1. The zero-order chi connectivity index (χ0) is 27.0. The van der Waals surface area contributed by atoms with E-state index >= 15 is 0 Å². The van der Waals surface area contributed by atoms with Crippen LogP contribution >= 0.6 is 11.6 Å². The molecule has 6 heteroatoms. The van der Waals surface area contributed by atoms with Crippen LogP contribution in [0.1, 0.15) is 47.8 Å². The van der Waals surface area contributed by atoms with E-state index in [9.17, 15) is 14.4 Å². The fourth-order valence-corrected chi connectivity index (χ4v) is 6.80. The van der Waals surface area contributed by atoms with Crippen molar-refractivity contribution in [3.8, 4) is 0 Å². The van der Waals surface area contributed by atoms with Gasteiger partial charge in [-0.2, -0.15) is 0 Å². The molecule has 1 spiro atoms. The molecule has 1 N–H and O–H groups in total. The minimum atomic E-state index is -1.32. The van der Waals surface area contributed by atoms with E-state index in [-0.39, 0.29) is 17.5 Å². The van der Waals surface area contributed by atoms with E-state index in [4.69, 9.17) is 11.6 Å². The van der Waals surface area contributed by atoms with E-state index in [2.05, 4.69) is 11.4 Å². The molecule has 192 valence electrons. The number of amides is 1. The van der Waals surface area contributed by atoms with Gasteiger partial charge in [0.1, 0.15) is 11.5 Å². The number of hydrogen-bond acceptors (Lipinski definition) is 4. The number of anilines is 2. The molecule has 38 heavy (non-hydrogen) atoms. The van der Waals surface area contributed by atoms with Crippen LogP contribution in [0.3, 0.4) is 0 Å². The monoisotopic (exact) mass is 524 g/mol. The van der Waals surface area contributed by atoms with Gasteiger partial charge in [0.15, 0.2) is 11.6 Å². The molecule has 0 bridgehead atoms. The summed E-state index contributed by atoms with van der Waals surface area (Å²) < 4.78 is 0. The SMILES string of the molecule is Cc1ccc2c(c1)C=C[C@@H]1N2[C@H](C(=O)C(C)(C)C)[C@@H](C(=O)c2ccccc2Cl)[C@@]12C(=O)Nc1ccccc12. The Morgan fingerprint density at radius 1 is 1.00 bits per heavy atom. The van der Waals surface area contributed by atoms with Crippen molar-refractivity contribution in [1.29, 1.82) is 0 Å². The second kappa shape index (κ2) is 8.40. The van der Waals surface area contributed by atoms with Crippen molar-refractivity contribution in [3.05, 3.63) is 100 Å². The highest BCUT2D eigenvalue weighted by atomic mass is 35.5. The fraction of sp³-hybridized carbons (Fsp3) is 0.281. The van der Waals surface area contributed by atoms with Crippen LogP contribution in [0.25, 0.3) is 6.08 Å².